The third kappa shape index (κ3) is 2.88. The molecule has 0 spiro atoms. The quantitative estimate of drug-likeness (QED) is 0.594. The Labute approximate surface area is 153 Å². The number of nitrogens with zero attached hydrogens (tertiary/aromatic N) is 4. The number of pyridine rings is 1. The summed E-state index contributed by atoms with van der Waals surface area (Å²) >= 11 is 1.46. The van der Waals surface area contributed by atoms with Crippen molar-refractivity contribution in [1.29, 1.82) is 0 Å². The molecule has 0 saturated carbocycles. The SMILES string of the molecule is Cc1nc(NC(=O)Cn2nc(C)c3c(-c4ccco4)ccnc32)sc1C. The molecule has 0 aliphatic rings. The van der Waals surface area contributed by atoms with Crippen molar-refractivity contribution in [2.24, 2.45) is 0 Å². The van der Waals surface area contributed by atoms with E-state index < -0.39 is 0 Å². The number of thiazole rings is 1. The first kappa shape index (κ1) is 16.5. The summed E-state index contributed by atoms with van der Waals surface area (Å²) < 4.78 is 7.13. The van der Waals surface area contributed by atoms with Gasteiger partial charge in [-0.25, -0.2) is 14.6 Å². The average Bonchev–Trinajstić information content (AvgIpc) is 3.30. The predicted octanol–water partition coefficient (Wildman–Crippen LogP) is 3.71. The van der Waals surface area contributed by atoms with Gasteiger partial charge >= 0.3 is 0 Å². The summed E-state index contributed by atoms with van der Waals surface area (Å²) in [5.74, 6) is 0.562. The maximum Gasteiger partial charge on any atom is 0.247 e. The van der Waals surface area contributed by atoms with Crippen molar-refractivity contribution < 1.29 is 9.21 Å². The molecule has 0 aliphatic carbocycles. The zero-order valence-corrected chi connectivity index (χ0v) is 15.4. The van der Waals surface area contributed by atoms with Gasteiger partial charge in [0.05, 0.1) is 23.0 Å². The van der Waals surface area contributed by atoms with E-state index in [0.717, 1.165) is 33.0 Å². The van der Waals surface area contributed by atoms with Crippen LogP contribution in [0.3, 0.4) is 0 Å². The minimum Gasteiger partial charge on any atom is -0.464 e. The van der Waals surface area contributed by atoms with Crippen LogP contribution in [0.2, 0.25) is 0 Å². The lowest BCUT2D eigenvalue weighted by Gasteiger charge is -2.04. The monoisotopic (exact) mass is 367 g/mol. The summed E-state index contributed by atoms with van der Waals surface area (Å²) in [4.78, 5) is 22.3. The fourth-order valence-corrected chi connectivity index (χ4v) is 3.68. The number of carbonyl (C=O) groups is 1. The molecule has 1 N–H and O–H groups in total. The second-order valence-electron chi connectivity index (χ2n) is 5.99. The average molecular weight is 367 g/mol. The zero-order valence-electron chi connectivity index (χ0n) is 14.6. The molecule has 0 fully saturated rings. The Morgan fingerprint density at radius 2 is 2.12 bits per heavy atom. The summed E-state index contributed by atoms with van der Waals surface area (Å²) in [5, 5.41) is 8.81. The van der Waals surface area contributed by atoms with Crippen LogP contribution in [0, 0.1) is 20.8 Å². The van der Waals surface area contributed by atoms with Gasteiger partial charge in [0.1, 0.15) is 12.3 Å². The highest BCUT2D eigenvalue weighted by Crippen LogP contribution is 2.30. The van der Waals surface area contributed by atoms with Crippen molar-refractivity contribution >= 4 is 33.4 Å². The predicted molar refractivity (Wildman–Crippen MR) is 100 cm³/mol. The van der Waals surface area contributed by atoms with Crippen LogP contribution in [-0.4, -0.2) is 25.7 Å². The normalized spacial score (nSPS) is 11.2. The third-order valence-corrected chi connectivity index (χ3v) is 5.15. The van der Waals surface area contributed by atoms with Gasteiger partial charge in [-0.05, 0) is 39.0 Å². The van der Waals surface area contributed by atoms with Crippen LogP contribution >= 0.6 is 11.3 Å². The molecule has 4 aromatic rings. The molecule has 4 aromatic heterocycles. The number of aromatic nitrogens is 4. The van der Waals surface area contributed by atoms with Gasteiger partial charge in [-0.15, -0.1) is 11.3 Å². The molecule has 0 aliphatic heterocycles. The molecular weight excluding hydrogens is 350 g/mol. The van der Waals surface area contributed by atoms with Crippen LogP contribution in [0.5, 0.6) is 0 Å². The third-order valence-electron chi connectivity index (χ3n) is 4.16. The number of amides is 1. The summed E-state index contributed by atoms with van der Waals surface area (Å²) in [6, 6.07) is 5.62. The lowest BCUT2D eigenvalue weighted by atomic mass is 10.1. The van der Waals surface area contributed by atoms with E-state index in [1.807, 2.05) is 39.0 Å². The summed E-state index contributed by atoms with van der Waals surface area (Å²) in [7, 11) is 0. The molecular formula is C18H17N5O2S. The lowest BCUT2D eigenvalue weighted by Crippen LogP contribution is -2.19. The van der Waals surface area contributed by atoms with Crippen LogP contribution in [0.1, 0.15) is 16.3 Å². The highest BCUT2D eigenvalue weighted by Gasteiger charge is 2.17. The first-order valence-electron chi connectivity index (χ1n) is 8.13. The van der Waals surface area contributed by atoms with Gasteiger partial charge in [-0.3, -0.25) is 4.79 Å². The molecule has 0 atom stereocenters. The number of carbonyl (C=O) groups excluding carboxylic acids is 1. The molecule has 0 aromatic carbocycles. The van der Waals surface area contributed by atoms with E-state index in [0.29, 0.717) is 10.8 Å². The number of fused-ring (bicyclic) bond motifs is 1. The molecule has 0 saturated heterocycles. The van der Waals surface area contributed by atoms with Gasteiger partial charge < -0.3 is 9.73 Å². The maximum atomic E-state index is 12.4. The van der Waals surface area contributed by atoms with Gasteiger partial charge in [0, 0.05) is 16.6 Å². The Kier molecular flexibility index (Phi) is 4.04. The van der Waals surface area contributed by atoms with Crippen LogP contribution < -0.4 is 5.32 Å². The van der Waals surface area contributed by atoms with Crippen molar-refractivity contribution in [3.05, 3.63) is 46.9 Å². The van der Waals surface area contributed by atoms with Gasteiger partial charge in [0.25, 0.3) is 0 Å². The molecule has 8 heteroatoms. The van der Waals surface area contributed by atoms with E-state index >= 15 is 0 Å². The fraction of sp³-hybridized carbons (Fsp3) is 0.222. The second kappa shape index (κ2) is 6.38. The Hall–Kier alpha value is -3.00. The fourth-order valence-electron chi connectivity index (χ4n) is 2.85. The van der Waals surface area contributed by atoms with Crippen molar-refractivity contribution in [3.8, 4) is 11.3 Å². The van der Waals surface area contributed by atoms with Crippen molar-refractivity contribution in [3.63, 3.8) is 0 Å². The highest BCUT2D eigenvalue weighted by atomic mass is 32.1. The molecule has 4 rings (SSSR count). The Morgan fingerprint density at radius 1 is 1.27 bits per heavy atom. The van der Waals surface area contributed by atoms with Crippen LogP contribution in [-0.2, 0) is 11.3 Å². The van der Waals surface area contributed by atoms with Crippen LogP contribution in [0.25, 0.3) is 22.4 Å². The first-order chi connectivity index (χ1) is 12.5. The highest BCUT2D eigenvalue weighted by molar-refractivity contribution is 7.15. The minimum absolute atomic E-state index is 0.0661. The number of hydrogen-bond acceptors (Lipinski definition) is 6. The smallest absolute Gasteiger partial charge is 0.247 e. The zero-order chi connectivity index (χ0) is 18.3. The van der Waals surface area contributed by atoms with E-state index in [9.17, 15) is 4.79 Å². The lowest BCUT2D eigenvalue weighted by molar-refractivity contribution is -0.116. The van der Waals surface area contributed by atoms with Gasteiger partial charge in [-0.2, -0.15) is 5.10 Å². The number of anilines is 1. The topological polar surface area (TPSA) is 85.8 Å². The first-order valence-corrected chi connectivity index (χ1v) is 8.94. The molecule has 0 radical (unpaired) electrons. The molecule has 0 bridgehead atoms. The van der Waals surface area contributed by atoms with Gasteiger partial charge in [-0.1, -0.05) is 0 Å². The van der Waals surface area contributed by atoms with Crippen molar-refractivity contribution in [2.75, 3.05) is 5.32 Å². The molecule has 1 amide bonds. The molecule has 0 unspecified atom stereocenters. The number of aryl methyl sites for hydroxylation is 3. The molecule has 4 heterocycles. The second-order valence-corrected chi connectivity index (χ2v) is 7.19. The van der Waals surface area contributed by atoms with Crippen LogP contribution in [0.15, 0.2) is 35.1 Å². The molecule has 132 valence electrons. The largest absolute Gasteiger partial charge is 0.464 e. The Bertz CT molecular complexity index is 1080. The number of furan rings is 1. The summed E-state index contributed by atoms with van der Waals surface area (Å²) in [5.41, 5.74) is 3.29. The summed E-state index contributed by atoms with van der Waals surface area (Å²) in [6.07, 6.45) is 3.33. The van der Waals surface area contributed by atoms with E-state index in [4.69, 9.17) is 4.42 Å². The standard InChI is InChI=1S/C18H17N5O2S/c1-10-12(3)26-18(20-10)21-15(24)9-23-17-16(11(2)22-23)13(6-7-19-17)14-5-4-8-25-14/h4-8H,9H2,1-3H3,(H,20,21,24). The minimum atomic E-state index is -0.187. The van der Waals surface area contributed by atoms with E-state index in [1.165, 1.54) is 11.3 Å². The number of rotatable bonds is 4. The van der Waals surface area contributed by atoms with Gasteiger partial charge in [0.15, 0.2) is 10.8 Å². The van der Waals surface area contributed by atoms with Gasteiger partial charge in [0.2, 0.25) is 5.91 Å². The van der Waals surface area contributed by atoms with E-state index in [2.05, 4.69) is 20.4 Å². The molecule has 26 heavy (non-hydrogen) atoms. The Balaban J connectivity index is 1.65. The van der Waals surface area contributed by atoms with Crippen LogP contribution in [0.4, 0.5) is 5.13 Å². The number of hydrogen-bond donors (Lipinski definition) is 1. The van der Waals surface area contributed by atoms with Crippen molar-refractivity contribution in [2.45, 2.75) is 27.3 Å². The van der Waals surface area contributed by atoms with E-state index in [1.54, 1.807) is 17.1 Å². The Morgan fingerprint density at radius 3 is 2.81 bits per heavy atom. The van der Waals surface area contributed by atoms with E-state index in [-0.39, 0.29) is 12.5 Å². The maximum absolute atomic E-state index is 12.4. The molecule has 7 nitrogen and oxygen atoms in total. The number of nitrogens with one attached hydrogen (secondary N) is 1. The van der Waals surface area contributed by atoms with Crippen molar-refractivity contribution in [1.82, 2.24) is 19.7 Å². The summed E-state index contributed by atoms with van der Waals surface area (Å²) in [6.45, 7) is 5.87.